The van der Waals surface area contributed by atoms with Gasteiger partial charge >= 0.3 is 0 Å². The lowest BCUT2D eigenvalue weighted by molar-refractivity contribution is 0.318. The Labute approximate surface area is 105 Å². The fourth-order valence-corrected chi connectivity index (χ4v) is 2.66. The van der Waals surface area contributed by atoms with E-state index in [0.29, 0.717) is 16.5 Å². The molecule has 0 saturated heterocycles. The molecule has 0 amide bonds. The molecule has 2 rings (SSSR count). The summed E-state index contributed by atoms with van der Waals surface area (Å²) in [6, 6.07) is 0. The Morgan fingerprint density at radius 2 is 2.24 bits per heavy atom. The predicted octanol–water partition coefficient (Wildman–Crippen LogP) is 0.882. The minimum absolute atomic E-state index is 0.0816. The Morgan fingerprint density at radius 3 is 2.88 bits per heavy atom. The van der Waals surface area contributed by atoms with E-state index in [1.807, 2.05) is 6.92 Å². The molecule has 88 valence electrons. The second kappa shape index (κ2) is 5.06. The van der Waals surface area contributed by atoms with Crippen molar-refractivity contribution in [1.29, 1.82) is 0 Å². The maximum Gasteiger partial charge on any atom is 0.191 e. The molecule has 0 spiro atoms. The summed E-state index contributed by atoms with van der Waals surface area (Å²) in [5.74, 6) is 0.619. The largest absolute Gasteiger partial charge is 0.409 e. The molecule has 0 saturated carbocycles. The molecular formula is C8H8N6OS2. The van der Waals surface area contributed by atoms with Crippen LogP contribution in [0.2, 0.25) is 0 Å². The zero-order chi connectivity index (χ0) is 12.3. The number of aromatic nitrogens is 4. The number of rotatable bonds is 3. The normalized spacial score (nSPS) is 11.7. The van der Waals surface area contributed by atoms with Crippen LogP contribution in [0, 0.1) is 6.92 Å². The van der Waals surface area contributed by atoms with Crippen LogP contribution in [0.25, 0.3) is 0 Å². The summed E-state index contributed by atoms with van der Waals surface area (Å²) < 4.78 is 4.79. The molecule has 0 radical (unpaired) electrons. The van der Waals surface area contributed by atoms with Gasteiger partial charge in [0.1, 0.15) is 16.5 Å². The Kier molecular flexibility index (Phi) is 3.49. The molecule has 0 aromatic carbocycles. The quantitative estimate of drug-likeness (QED) is 0.368. The van der Waals surface area contributed by atoms with Crippen molar-refractivity contribution in [2.45, 2.75) is 16.3 Å². The molecule has 0 aliphatic carbocycles. The molecule has 0 fully saturated rings. The van der Waals surface area contributed by atoms with Crippen LogP contribution in [-0.4, -0.2) is 30.4 Å². The highest BCUT2D eigenvalue weighted by molar-refractivity contribution is 8.01. The second-order valence-corrected chi connectivity index (χ2v) is 4.89. The van der Waals surface area contributed by atoms with Crippen molar-refractivity contribution in [2.75, 3.05) is 0 Å². The molecule has 0 aliphatic rings. The number of nitrogens with two attached hydrogens (primary N) is 1. The Hall–Kier alpha value is -1.74. The summed E-state index contributed by atoms with van der Waals surface area (Å²) in [5.41, 5.74) is 5.83. The summed E-state index contributed by atoms with van der Waals surface area (Å²) in [5, 5.41) is 12.1. The zero-order valence-electron chi connectivity index (χ0n) is 8.73. The molecule has 0 atom stereocenters. The van der Waals surface area contributed by atoms with Crippen molar-refractivity contribution in [3.05, 3.63) is 23.9 Å². The van der Waals surface area contributed by atoms with Gasteiger partial charge in [-0.25, -0.2) is 15.0 Å². The van der Waals surface area contributed by atoms with Gasteiger partial charge in [-0.1, -0.05) is 5.16 Å². The fourth-order valence-electron chi connectivity index (χ4n) is 1.03. The van der Waals surface area contributed by atoms with Crippen molar-refractivity contribution < 1.29 is 5.21 Å². The van der Waals surface area contributed by atoms with Gasteiger partial charge in [-0.05, 0) is 30.2 Å². The highest BCUT2D eigenvalue weighted by Gasteiger charge is 2.13. The van der Waals surface area contributed by atoms with Crippen LogP contribution in [0.1, 0.15) is 11.5 Å². The second-order valence-electron chi connectivity index (χ2n) is 2.90. The summed E-state index contributed by atoms with van der Waals surface area (Å²) in [6.07, 6.45) is 3.01. The number of hydrogen-bond donors (Lipinski definition) is 2. The third kappa shape index (κ3) is 2.68. The van der Waals surface area contributed by atoms with Crippen molar-refractivity contribution >= 4 is 29.1 Å². The van der Waals surface area contributed by atoms with Gasteiger partial charge in [0.05, 0.1) is 0 Å². The van der Waals surface area contributed by atoms with Crippen LogP contribution in [-0.2, 0) is 0 Å². The van der Waals surface area contributed by atoms with Gasteiger partial charge < -0.3 is 10.9 Å². The number of nitrogens with zero attached hydrogens (tertiary/aromatic N) is 5. The molecule has 3 N–H and O–H groups in total. The standard InChI is InChI=1S/C8H8N6OS2/c1-4-12-8(17-14-4)16-7-5(6(9)13-15)10-2-3-11-7/h2-3,15H,1H3,(H2,9,13). The maximum atomic E-state index is 8.64. The van der Waals surface area contributed by atoms with Crippen LogP contribution in [0.3, 0.4) is 0 Å². The van der Waals surface area contributed by atoms with Gasteiger partial charge in [0.15, 0.2) is 10.2 Å². The van der Waals surface area contributed by atoms with Crippen molar-refractivity contribution in [3.63, 3.8) is 0 Å². The lowest BCUT2D eigenvalue weighted by Crippen LogP contribution is -2.16. The van der Waals surface area contributed by atoms with Gasteiger partial charge in [0, 0.05) is 12.4 Å². The zero-order valence-corrected chi connectivity index (χ0v) is 10.4. The number of aryl methyl sites for hydroxylation is 1. The van der Waals surface area contributed by atoms with Gasteiger partial charge in [0.2, 0.25) is 0 Å². The van der Waals surface area contributed by atoms with E-state index in [1.54, 1.807) is 0 Å². The van der Waals surface area contributed by atoms with E-state index in [4.69, 9.17) is 10.9 Å². The molecule has 0 bridgehead atoms. The molecule has 2 aromatic rings. The van der Waals surface area contributed by atoms with E-state index in [9.17, 15) is 0 Å². The molecule has 2 heterocycles. The highest BCUT2D eigenvalue weighted by Crippen LogP contribution is 2.28. The third-order valence-corrected chi connectivity index (χ3v) is 3.54. The van der Waals surface area contributed by atoms with E-state index in [2.05, 4.69) is 24.5 Å². The lowest BCUT2D eigenvalue weighted by atomic mass is 10.4. The van der Waals surface area contributed by atoms with Gasteiger partial charge in [-0.15, -0.1) is 0 Å². The van der Waals surface area contributed by atoms with Gasteiger partial charge in [0.25, 0.3) is 0 Å². The lowest BCUT2D eigenvalue weighted by Gasteiger charge is -2.02. The average molecular weight is 268 g/mol. The Balaban J connectivity index is 2.32. The van der Waals surface area contributed by atoms with E-state index >= 15 is 0 Å². The first kappa shape index (κ1) is 11.7. The molecule has 0 aliphatic heterocycles. The fraction of sp³-hybridized carbons (Fsp3) is 0.125. The van der Waals surface area contributed by atoms with Gasteiger partial charge in [-0.3, -0.25) is 0 Å². The van der Waals surface area contributed by atoms with Crippen molar-refractivity contribution in [3.8, 4) is 0 Å². The van der Waals surface area contributed by atoms with E-state index in [-0.39, 0.29) is 5.84 Å². The van der Waals surface area contributed by atoms with E-state index in [1.165, 1.54) is 35.7 Å². The van der Waals surface area contributed by atoms with Crippen molar-refractivity contribution in [2.24, 2.45) is 10.9 Å². The SMILES string of the molecule is Cc1nsc(Sc2nccnc2C(N)=NO)n1. The predicted molar refractivity (Wildman–Crippen MR) is 63.3 cm³/mol. The molecular weight excluding hydrogens is 260 g/mol. The summed E-state index contributed by atoms with van der Waals surface area (Å²) >= 11 is 2.54. The summed E-state index contributed by atoms with van der Waals surface area (Å²) in [7, 11) is 0. The van der Waals surface area contributed by atoms with Crippen LogP contribution < -0.4 is 5.73 Å². The monoisotopic (exact) mass is 268 g/mol. The van der Waals surface area contributed by atoms with Crippen LogP contribution >= 0.6 is 23.3 Å². The Morgan fingerprint density at radius 1 is 1.47 bits per heavy atom. The number of oxime groups is 1. The molecule has 7 nitrogen and oxygen atoms in total. The van der Waals surface area contributed by atoms with Crippen molar-refractivity contribution in [1.82, 2.24) is 19.3 Å². The smallest absolute Gasteiger partial charge is 0.191 e. The minimum Gasteiger partial charge on any atom is -0.409 e. The first-order chi connectivity index (χ1) is 8.20. The van der Waals surface area contributed by atoms with Crippen LogP contribution in [0.5, 0.6) is 0 Å². The third-order valence-electron chi connectivity index (χ3n) is 1.71. The first-order valence-electron chi connectivity index (χ1n) is 4.47. The molecule has 9 heteroatoms. The first-order valence-corrected chi connectivity index (χ1v) is 6.06. The number of amidine groups is 1. The van der Waals surface area contributed by atoms with Crippen LogP contribution in [0.4, 0.5) is 0 Å². The Bertz CT molecular complexity index is 554. The highest BCUT2D eigenvalue weighted by atomic mass is 32.2. The maximum absolute atomic E-state index is 8.64. The van der Waals surface area contributed by atoms with E-state index < -0.39 is 0 Å². The molecule has 0 unspecified atom stereocenters. The van der Waals surface area contributed by atoms with Gasteiger partial charge in [-0.2, -0.15) is 4.37 Å². The molecule has 17 heavy (non-hydrogen) atoms. The minimum atomic E-state index is -0.0816. The summed E-state index contributed by atoms with van der Waals surface area (Å²) in [6.45, 7) is 1.81. The average Bonchev–Trinajstić information content (AvgIpc) is 2.74. The number of hydrogen-bond acceptors (Lipinski definition) is 8. The van der Waals surface area contributed by atoms with Crippen LogP contribution in [0.15, 0.2) is 26.9 Å². The topological polar surface area (TPSA) is 110 Å². The van der Waals surface area contributed by atoms with E-state index in [0.717, 1.165) is 4.34 Å². The molecule has 2 aromatic heterocycles. The summed E-state index contributed by atoms with van der Waals surface area (Å²) in [4.78, 5) is 12.3.